The number of rotatable bonds is 3. The summed E-state index contributed by atoms with van der Waals surface area (Å²) < 4.78 is 13.9. The van der Waals surface area contributed by atoms with Gasteiger partial charge in [-0.3, -0.25) is 4.79 Å². The maximum atomic E-state index is 13.2. The number of Topliss-reactive ketones (excluding diaryl/α,β-unsaturated/α-hetero) is 1. The number of anilines is 1. The summed E-state index contributed by atoms with van der Waals surface area (Å²) in [5, 5.41) is 0. The van der Waals surface area contributed by atoms with Crippen LogP contribution in [0.1, 0.15) is 21.5 Å². The predicted octanol–water partition coefficient (Wildman–Crippen LogP) is 3.90. The normalized spacial score (nSPS) is 10.5. The van der Waals surface area contributed by atoms with Gasteiger partial charge in [-0.05, 0) is 48.4 Å². The molecule has 0 aliphatic rings. The summed E-state index contributed by atoms with van der Waals surface area (Å²) in [4.78, 5) is 12.2. The van der Waals surface area contributed by atoms with Crippen LogP contribution in [0.2, 0.25) is 0 Å². The summed E-state index contributed by atoms with van der Waals surface area (Å²) >= 11 is 3.33. The lowest BCUT2D eigenvalue weighted by Crippen LogP contribution is -2.07. The first kappa shape index (κ1) is 13.7. The van der Waals surface area contributed by atoms with Crippen molar-refractivity contribution >= 4 is 27.4 Å². The molecule has 0 amide bonds. The number of carbonyl (C=O) groups is 1. The highest BCUT2D eigenvalue weighted by atomic mass is 79.9. The zero-order valence-corrected chi connectivity index (χ0v) is 12.0. The zero-order valence-electron chi connectivity index (χ0n) is 10.4. The number of ketones is 1. The van der Waals surface area contributed by atoms with Gasteiger partial charge >= 0.3 is 0 Å². The Morgan fingerprint density at radius 2 is 2.00 bits per heavy atom. The minimum Gasteiger partial charge on any atom is -0.399 e. The molecule has 0 bridgehead atoms. The molecule has 2 aromatic carbocycles. The van der Waals surface area contributed by atoms with Gasteiger partial charge < -0.3 is 5.73 Å². The van der Waals surface area contributed by atoms with E-state index in [1.807, 2.05) is 6.92 Å². The Morgan fingerprint density at radius 3 is 2.74 bits per heavy atom. The topological polar surface area (TPSA) is 43.1 Å². The smallest absolute Gasteiger partial charge is 0.168 e. The van der Waals surface area contributed by atoms with Crippen LogP contribution in [0.25, 0.3) is 0 Å². The number of hydrogen-bond acceptors (Lipinski definition) is 2. The first-order valence-corrected chi connectivity index (χ1v) is 6.60. The van der Waals surface area contributed by atoms with Crippen molar-refractivity contribution in [3.63, 3.8) is 0 Å². The molecule has 2 rings (SSSR count). The minimum absolute atomic E-state index is 0.0899. The molecule has 19 heavy (non-hydrogen) atoms. The fourth-order valence-corrected chi connectivity index (χ4v) is 2.32. The van der Waals surface area contributed by atoms with Gasteiger partial charge in [0.15, 0.2) is 5.78 Å². The Hall–Kier alpha value is -1.68. The zero-order chi connectivity index (χ0) is 14.0. The van der Waals surface area contributed by atoms with Gasteiger partial charge in [0.05, 0.1) is 0 Å². The Bertz CT molecular complexity index is 640. The molecule has 0 atom stereocenters. The molecular weight excluding hydrogens is 309 g/mol. The highest BCUT2D eigenvalue weighted by molar-refractivity contribution is 9.10. The van der Waals surface area contributed by atoms with E-state index in [2.05, 4.69) is 15.9 Å². The monoisotopic (exact) mass is 321 g/mol. The molecule has 2 N–H and O–H groups in total. The molecule has 0 saturated heterocycles. The van der Waals surface area contributed by atoms with Crippen molar-refractivity contribution in [3.05, 3.63) is 63.4 Å². The second-order valence-corrected chi connectivity index (χ2v) is 5.26. The SMILES string of the molecule is Cc1ccc(F)cc1CC(=O)c1cc(N)ccc1Br. The van der Waals surface area contributed by atoms with Crippen LogP contribution in [0.3, 0.4) is 0 Å². The molecule has 0 aliphatic carbocycles. The highest BCUT2D eigenvalue weighted by Crippen LogP contribution is 2.22. The molecule has 2 nitrogen and oxygen atoms in total. The number of hydrogen-bond donors (Lipinski definition) is 1. The number of nitrogen functional groups attached to an aromatic ring is 1. The maximum Gasteiger partial charge on any atom is 0.168 e. The van der Waals surface area contributed by atoms with Crippen molar-refractivity contribution in [1.82, 2.24) is 0 Å². The molecule has 0 fully saturated rings. The van der Waals surface area contributed by atoms with Gasteiger partial charge in [-0.2, -0.15) is 0 Å². The standard InChI is InChI=1S/C15H13BrFNO/c1-9-2-3-11(17)6-10(9)7-15(19)13-8-12(18)4-5-14(13)16/h2-6,8H,7,18H2,1H3. The van der Waals surface area contributed by atoms with Crippen LogP contribution in [0.5, 0.6) is 0 Å². The first-order chi connectivity index (χ1) is 8.97. The number of benzene rings is 2. The molecule has 0 radical (unpaired) electrons. The molecule has 0 spiro atoms. The number of aryl methyl sites for hydroxylation is 1. The van der Waals surface area contributed by atoms with Crippen molar-refractivity contribution in [3.8, 4) is 0 Å². The minimum atomic E-state index is -0.333. The Labute approximate surface area is 119 Å². The van der Waals surface area contributed by atoms with Gasteiger partial charge in [-0.15, -0.1) is 0 Å². The average Bonchev–Trinajstić information content (AvgIpc) is 2.36. The van der Waals surface area contributed by atoms with E-state index >= 15 is 0 Å². The van der Waals surface area contributed by atoms with Crippen LogP contribution in [0, 0.1) is 12.7 Å². The Balaban J connectivity index is 2.30. The summed E-state index contributed by atoms with van der Waals surface area (Å²) in [6.45, 7) is 1.86. The van der Waals surface area contributed by atoms with Crippen molar-refractivity contribution < 1.29 is 9.18 Å². The first-order valence-electron chi connectivity index (χ1n) is 5.80. The third kappa shape index (κ3) is 3.20. The van der Waals surface area contributed by atoms with Crippen LogP contribution in [-0.2, 0) is 6.42 Å². The highest BCUT2D eigenvalue weighted by Gasteiger charge is 2.13. The van der Waals surface area contributed by atoms with E-state index in [0.29, 0.717) is 21.3 Å². The molecular formula is C15H13BrFNO. The van der Waals surface area contributed by atoms with Crippen LogP contribution >= 0.6 is 15.9 Å². The third-order valence-electron chi connectivity index (χ3n) is 2.95. The van der Waals surface area contributed by atoms with Crippen molar-refractivity contribution in [2.24, 2.45) is 0 Å². The Morgan fingerprint density at radius 1 is 1.26 bits per heavy atom. The third-order valence-corrected chi connectivity index (χ3v) is 3.64. The van der Waals surface area contributed by atoms with E-state index in [1.165, 1.54) is 12.1 Å². The molecule has 0 aliphatic heterocycles. The van der Waals surface area contributed by atoms with E-state index < -0.39 is 0 Å². The quantitative estimate of drug-likeness (QED) is 0.688. The van der Waals surface area contributed by atoms with Crippen molar-refractivity contribution in [1.29, 1.82) is 0 Å². The molecule has 4 heteroatoms. The van der Waals surface area contributed by atoms with Crippen LogP contribution in [0.15, 0.2) is 40.9 Å². The van der Waals surface area contributed by atoms with E-state index in [9.17, 15) is 9.18 Å². The molecule has 0 unspecified atom stereocenters. The molecule has 98 valence electrons. The Kier molecular flexibility index (Phi) is 4.00. The lowest BCUT2D eigenvalue weighted by Gasteiger charge is -2.07. The van der Waals surface area contributed by atoms with Crippen LogP contribution in [-0.4, -0.2) is 5.78 Å². The molecule has 0 aromatic heterocycles. The van der Waals surface area contributed by atoms with Gasteiger partial charge in [0, 0.05) is 22.1 Å². The van der Waals surface area contributed by atoms with E-state index in [0.717, 1.165) is 5.56 Å². The van der Waals surface area contributed by atoms with E-state index in [-0.39, 0.29) is 18.0 Å². The fraction of sp³-hybridized carbons (Fsp3) is 0.133. The number of halogens is 2. The number of carbonyl (C=O) groups excluding carboxylic acids is 1. The fourth-order valence-electron chi connectivity index (χ4n) is 1.86. The lowest BCUT2D eigenvalue weighted by atomic mass is 9.99. The maximum absolute atomic E-state index is 13.2. The van der Waals surface area contributed by atoms with E-state index in [4.69, 9.17) is 5.73 Å². The van der Waals surface area contributed by atoms with E-state index in [1.54, 1.807) is 24.3 Å². The average molecular weight is 322 g/mol. The summed E-state index contributed by atoms with van der Waals surface area (Å²) in [6, 6.07) is 9.54. The van der Waals surface area contributed by atoms with Crippen LogP contribution in [0.4, 0.5) is 10.1 Å². The summed E-state index contributed by atoms with van der Waals surface area (Å²) in [7, 11) is 0. The van der Waals surface area contributed by atoms with Gasteiger partial charge in [-0.25, -0.2) is 4.39 Å². The van der Waals surface area contributed by atoms with Crippen molar-refractivity contribution in [2.75, 3.05) is 5.73 Å². The summed E-state index contributed by atoms with van der Waals surface area (Å²) in [6.07, 6.45) is 0.158. The van der Waals surface area contributed by atoms with Crippen LogP contribution < -0.4 is 5.73 Å². The van der Waals surface area contributed by atoms with Gasteiger partial charge in [0.25, 0.3) is 0 Å². The molecule has 2 aromatic rings. The second-order valence-electron chi connectivity index (χ2n) is 4.41. The van der Waals surface area contributed by atoms with Gasteiger partial charge in [0.2, 0.25) is 0 Å². The lowest BCUT2D eigenvalue weighted by molar-refractivity contribution is 0.0992. The number of nitrogens with two attached hydrogens (primary N) is 1. The largest absolute Gasteiger partial charge is 0.399 e. The van der Waals surface area contributed by atoms with Gasteiger partial charge in [0.1, 0.15) is 5.82 Å². The summed E-state index contributed by atoms with van der Waals surface area (Å²) in [5.74, 6) is -0.423. The summed E-state index contributed by atoms with van der Waals surface area (Å²) in [5.41, 5.74) is 8.32. The molecule has 0 saturated carbocycles. The second kappa shape index (κ2) is 5.53. The van der Waals surface area contributed by atoms with Gasteiger partial charge in [-0.1, -0.05) is 22.0 Å². The van der Waals surface area contributed by atoms with Crippen molar-refractivity contribution in [2.45, 2.75) is 13.3 Å². The predicted molar refractivity (Wildman–Crippen MR) is 77.7 cm³/mol. The molecule has 0 heterocycles.